The van der Waals surface area contributed by atoms with Crippen molar-refractivity contribution in [2.45, 2.75) is 24.4 Å². The molecule has 0 radical (unpaired) electrons. The fourth-order valence-electron chi connectivity index (χ4n) is 4.51. The zero-order valence-electron chi connectivity index (χ0n) is 18.0. The molecule has 3 amide bonds. The van der Waals surface area contributed by atoms with E-state index >= 15 is 0 Å². The highest BCUT2D eigenvalue weighted by Gasteiger charge is 2.67. The molecule has 1 fully saturated rings. The molecule has 8 nitrogen and oxygen atoms in total. The van der Waals surface area contributed by atoms with Gasteiger partial charge in [0.2, 0.25) is 5.91 Å². The molecule has 2 unspecified atom stereocenters. The number of benzene rings is 2. The van der Waals surface area contributed by atoms with Crippen molar-refractivity contribution in [3.8, 4) is 0 Å². The Morgan fingerprint density at radius 3 is 2.68 bits per heavy atom. The molecule has 1 spiro atoms. The van der Waals surface area contributed by atoms with Crippen LogP contribution in [0.25, 0.3) is 0 Å². The molecule has 3 N–H and O–H groups in total. The summed E-state index contributed by atoms with van der Waals surface area (Å²) in [6.07, 6.45) is 2.13. The quantitative estimate of drug-likeness (QED) is 0.523. The number of amides is 3. The van der Waals surface area contributed by atoms with Gasteiger partial charge in [0, 0.05) is 35.1 Å². The lowest BCUT2D eigenvalue weighted by atomic mass is 10.1. The van der Waals surface area contributed by atoms with E-state index in [1.54, 1.807) is 53.6 Å². The average molecular weight is 477 g/mol. The first-order valence-electron chi connectivity index (χ1n) is 10.8. The third-order valence-electron chi connectivity index (χ3n) is 6.28. The maximum Gasteiger partial charge on any atom is 0.257 e. The molecule has 1 aromatic heterocycles. The second kappa shape index (κ2) is 8.55. The summed E-state index contributed by atoms with van der Waals surface area (Å²) in [6, 6.07) is 17.3. The summed E-state index contributed by atoms with van der Waals surface area (Å²) >= 11 is 6.13. The van der Waals surface area contributed by atoms with Gasteiger partial charge in [-0.25, -0.2) is 0 Å². The van der Waals surface area contributed by atoms with Crippen LogP contribution in [0.2, 0.25) is 5.02 Å². The zero-order valence-corrected chi connectivity index (χ0v) is 18.7. The van der Waals surface area contributed by atoms with Crippen molar-refractivity contribution in [2.75, 3.05) is 17.2 Å². The topological polar surface area (TPSA) is 112 Å². The smallest absolute Gasteiger partial charge is 0.257 e. The molecule has 9 heteroatoms. The van der Waals surface area contributed by atoms with Crippen LogP contribution < -0.4 is 10.6 Å². The number of nitrogens with one attached hydrogen (secondary N) is 2. The second-order valence-corrected chi connectivity index (χ2v) is 8.81. The fourth-order valence-corrected chi connectivity index (χ4v) is 4.68. The number of carbonyl (C=O) groups excluding carboxylic acids is 3. The minimum Gasteiger partial charge on any atom is -0.387 e. The fraction of sp³-hybridized carbons (Fsp3) is 0.200. The van der Waals surface area contributed by atoms with Crippen LogP contribution in [0.15, 0.2) is 66.9 Å². The largest absolute Gasteiger partial charge is 0.387 e. The summed E-state index contributed by atoms with van der Waals surface area (Å²) in [5.41, 5.74) is 1.73. The maximum atomic E-state index is 13.8. The molecule has 34 heavy (non-hydrogen) atoms. The number of hydrogen-bond donors (Lipinski definition) is 3. The Hall–Kier alpha value is -3.75. The van der Waals surface area contributed by atoms with Gasteiger partial charge in [0.25, 0.3) is 11.8 Å². The van der Waals surface area contributed by atoms with E-state index in [1.807, 2.05) is 18.2 Å². The Morgan fingerprint density at radius 1 is 1.18 bits per heavy atom. The van der Waals surface area contributed by atoms with Crippen LogP contribution in [0.4, 0.5) is 11.4 Å². The molecule has 1 aliphatic heterocycles. The number of fused-ring (bicyclic) bond motifs is 1. The first kappa shape index (κ1) is 22.1. The van der Waals surface area contributed by atoms with Crippen molar-refractivity contribution in [3.63, 3.8) is 0 Å². The Labute approximate surface area is 200 Å². The lowest BCUT2D eigenvalue weighted by Crippen LogP contribution is -2.48. The van der Waals surface area contributed by atoms with Gasteiger partial charge in [-0.15, -0.1) is 0 Å². The first-order valence-corrected chi connectivity index (χ1v) is 11.1. The van der Waals surface area contributed by atoms with E-state index in [1.165, 1.54) is 0 Å². The van der Waals surface area contributed by atoms with Crippen LogP contribution in [0.5, 0.6) is 0 Å². The van der Waals surface area contributed by atoms with Crippen molar-refractivity contribution >= 4 is 40.7 Å². The van der Waals surface area contributed by atoms with Crippen molar-refractivity contribution in [1.82, 2.24) is 9.88 Å². The molecule has 1 aliphatic carbocycles. The summed E-state index contributed by atoms with van der Waals surface area (Å²) in [7, 11) is 0. The third-order valence-corrected chi connectivity index (χ3v) is 6.51. The number of carbonyl (C=O) groups is 3. The summed E-state index contributed by atoms with van der Waals surface area (Å²) in [6.45, 7) is -0.425. The lowest BCUT2D eigenvalue weighted by Gasteiger charge is -2.30. The monoisotopic (exact) mass is 476 g/mol. The molecule has 2 aromatic carbocycles. The van der Waals surface area contributed by atoms with Gasteiger partial charge >= 0.3 is 0 Å². The van der Waals surface area contributed by atoms with E-state index in [9.17, 15) is 14.4 Å². The number of aliphatic hydroxyl groups excluding tert-OH is 1. The number of hydrogen-bond acceptors (Lipinski definition) is 5. The summed E-state index contributed by atoms with van der Waals surface area (Å²) in [5, 5.41) is 14.8. The van der Waals surface area contributed by atoms with Gasteiger partial charge in [0.1, 0.15) is 12.1 Å². The molecular formula is C25H21ClN4O4. The van der Waals surface area contributed by atoms with E-state index in [0.717, 1.165) is 11.3 Å². The number of anilines is 2. The second-order valence-electron chi connectivity index (χ2n) is 8.37. The van der Waals surface area contributed by atoms with E-state index in [0.29, 0.717) is 28.4 Å². The molecule has 0 saturated heterocycles. The van der Waals surface area contributed by atoms with Crippen molar-refractivity contribution < 1.29 is 19.5 Å². The Morgan fingerprint density at radius 2 is 1.97 bits per heavy atom. The molecule has 2 atom stereocenters. The van der Waals surface area contributed by atoms with Gasteiger partial charge in [-0.3, -0.25) is 19.4 Å². The van der Waals surface area contributed by atoms with Gasteiger partial charge in [0.15, 0.2) is 0 Å². The van der Waals surface area contributed by atoms with Crippen molar-refractivity contribution in [2.24, 2.45) is 0 Å². The summed E-state index contributed by atoms with van der Waals surface area (Å²) in [5.74, 6) is -1.31. The van der Waals surface area contributed by atoms with Crippen LogP contribution >= 0.6 is 11.6 Å². The van der Waals surface area contributed by atoms with Crippen LogP contribution in [-0.4, -0.2) is 44.9 Å². The maximum absolute atomic E-state index is 13.8. The van der Waals surface area contributed by atoms with Crippen molar-refractivity contribution in [1.29, 1.82) is 0 Å². The van der Waals surface area contributed by atoms with Gasteiger partial charge in [-0.1, -0.05) is 29.8 Å². The third kappa shape index (κ3) is 3.81. The minimum absolute atomic E-state index is 0.186. The predicted octanol–water partition coefficient (Wildman–Crippen LogP) is 3.19. The molecule has 3 aromatic rings. The highest BCUT2D eigenvalue weighted by Crippen LogP contribution is 2.57. The van der Waals surface area contributed by atoms with Crippen LogP contribution in [-0.2, 0) is 16.1 Å². The minimum atomic E-state index is -1.08. The normalized spacial score (nSPS) is 21.0. The molecular weight excluding hydrogens is 456 g/mol. The highest BCUT2D eigenvalue weighted by atomic mass is 35.5. The van der Waals surface area contributed by atoms with Gasteiger partial charge in [-0.2, -0.15) is 0 Å². The average Bonchev–Trinajstić information content (AvgIpc) is 3.61. The van der Waals surface area contributed by atoms with E-state index in [-0.39, 0.29) is 24.3 Å². The predicted molar refractivity (Wildman–Crippen MR) is 126 cm³/mol. The van der Waals surface area contributed by atoms with Crippen LogP contribution in [0.3, 0.4) is 0 Å². The number of aromatic nitrogens is 1. The Balaban J connectivity index is 1.52. The Bertz CT molecular complexity index is 1280. The number of pyridine rings is 1. The number of rotatable bonds is 5. The summed E-state index contributed by atoms with van der Waals surface area (Å²) < 4.78 is 0. The molecule has 2 heterocycles. The van der Waals surface area contributed by atoms with E-state index in [2.05, 4.69) is 15.6 Å². The number of nitrogens with zero attached hydrogens (tertiary/aromatic N) is 2. The molecule has 172 valence electrons. The first-order chi connectivity index (χ1) is 16.4. The lowest BCUT2D eigenvalue weighted by molar-refractivity contribution is -0.122. The Kier molecular flexibility index (Phi) is 5.55. The van der Waals surface area contributed by atoms with Gasteiger partial charge in [0.05, 0.1) is 11.3 Å². The van der Waals surface area contributed by atoms with Crippen LogP contribution in [0, 0.1) is 0 Å². The molecule has 5 rings (SSSR count). The van der Waals surface area contributed by atoms with Crippen LogP contribution in [0.1, 0.15) is 34.0 Å². The molecule has 2 aliphatic rings. The highest BCUT2D eigenvalue weighted by molar-refractivity contribution is 6.31. The van der Waals surface area contributed by atoms with Gasteiger partial charge < -0.3 is 20.6 Å². The standard InChI is InChI=1S/C25H21ClN4O4/c26-16-6-9-18-21(11-16)29-24(34)25(12-19(25)20-3-1-2-10-27-20)30(23(18)33)13-15-4-7-17(8-5-15)28-22(32)14-31/h1-11,19,31H,12-14H2,(H,28,32)(H,29,34). The SMILES string of the molecule is O=C(CO)Nc1ccc(CN2C(=O)c3ccc(Cl)cc3NC(=O)C23CC3c2ccccn2)cc1. The molecule has 0 bridgehead atoms. The number of aliphatic hydroxyl groups is 1. The molecule has 1 saturated carbocycles. The zero-order chi connectivity index (χ0) is 23.9. The summed E-state index contributed by atoms with van der Waals surface area (Å²) in [4.78, 5) is 44.8. The van der Waals surface area contributed by atoms with E-state index < -0.39 is 18.1 Å². The van der Waals surface area contributed by atoms with E-state index in [4.69, 9.17) is 16.7 Å². The van der Waals surface area contributed by atoms with Crippen molar-refractivity contribution in [3.05, 3.63) is 88.7 Å². The van der Waals surface area contributed by atoms with Gasteiger partial charge in [-0.05, 0) is 54.4 Å². The number of halogens is 1.